The third kappa shape index (κ3) is 10.5. The molecule has 0 amide bonds. The van der Waals surface area contributed by atoms with Crippen molar-refractivity contribution in [1.82, 2.24) is 4.65 Å². The Morgan fingerprint density at radius 2 is 1.12 bits per heavy atom. The summed E-state index contributed by atoms with van der Waals surface area (Å²) >= 11 is 0. The van der Waals surface area contributed by atoms with Crippen molar-refractivity contribution in [2.24, 2.45) is 0 Å². The van der Waals surface area contributed by atoms with Gasteiger partial charge in [0.15, 0.2) is 0 Å². The predicted octanol–water partition coefficient (Wildman–Crippen LogP) is 0.540. The van der Waals surface area contributed by atoms with Gasteiger partial charge < -0.3 is 4.65 Å². The predicted molar refractivity (Wildman–Crippen MR) is 40.9 cm³/mol. The Balaban J connectivity index is 0. The van der Waals surface area contributed by atoms with Crippen LogP contribution < -0.4 is 4.65 Å². The van der Waals surface area contributed by atoms with Gasteiger partial charge in [-0.3, -0.25) is 0 Å². The zero-order chi connectivity index (χ0) is 5.86. The molecule has 0 spiro atoms. The van der Waals surface area contributed by atoms with Gasteiger partial charge >= 0.3 is 0 Å². The summed E-state index contributed by atoms with van der Waals surface area (Å²) in [6.45, 7) is 9.31. The first-order valence-electron chi connectivity index (χ1n) is 2.89. The molecular weight excluding hydrogens is 207 g/mol. The Kier molecular flexibility index (Phi) is 10.1. The second kappa shape index (κ2) is 6.62. The largest absolute Gasteiger partial charge is 0.365 e. The molecule has 0 unspecified atom stereocenters. The number of rotatable bonds is 2. The summed E-state index contributed by atoms with van der Waals surface area (Å²) in [6.07, 6.45) is 0. The summed E-state index contributed by atoms with van der Waals surface area (Å²) < 4.78 is 3.58. The maximum absolute atomic E-state index is 3.58. The van der Waals surface area contributed by atoms with Gasteiger partial charge in [-0.15, -0.1) is 0 Å². The molecule has 1 N–H and O–H groups in total. The van der Waals surface area contributed by atoms with E-state index in [-0.39, 0.29) is 32.7 Å². The Labute approximate surface area is 80.9 Å². The third-order valence-electron chi connectivity index (χ3n) is 0.667. The number of nitrogens with one attached hydrogen (secondary N) is 1. The molecule has 0 fully saturated rings. The van der Waals surface area contributed by atoms with E-state index in [1.54, 1.807) is 0 Å². The fraction of sp³-hybridized carbons (Fsp3) is 1.00. The van der Waals surface area contributed by atoms with E-state index in [0.717, 1.165) is 0 Å². The van der Waals surface area contributed by atoms with E-state index in [9.17, 15) is 0 Å². The summed E-state index contributed by atoms with van der Waals surface area (Å²) in [5, 5.41) is 0. The van der Waals surface area contributed by atoms with Crippen molar-refractivity contribution >= 4 is 17.9 Å². The minimum Gasteiger partial charge on any atom is -0.365 e. The molecule has 0 saturated carbocycles. The summed E-state index contributed by atoms with van der Waals surface area (Å²) in [6, 6.07) is 0. The molecule has 8 heavy (non-hydrogen) atoms. The first-order chi connectivity index (χ1) is 3.13. The first kappa shape index (κ1) is 12.2. The van der Waals surface area contributed by atoms with Crippen molar-refractivity contribution in [3.63, 3.8) is 0 Å². The van der Waals surface area contributed by atoms with Crippen molar-refractivity contribution in [2.75, 3.05) is 0 Å². The monoisotopic (exact) mass is 222 g/mol. The number of hydrogen-bond acceptors (Lipinski definition) is 1. The van der Waals surface area contributed by atoms with Gasteiger partial charge in [0.1, 0.15) is 0 Å². The van der Waals surface area contributed by atoms with E-state index in [2.05, 4.69) is 30.8 Å². The molecule has 0 atom stereocenters. The molecule has 0 saturated heterocycles. The summed E-state index contributed by atoms with van der Waals surface area (Å²) in [7, 11) is -0.833. The second-order valence-electron chi connectivity index (χ2n) is 2.48. The van der Waals surface area contributed by atoms with Crippen LogP contribution in [0.3, 0.4) is 0 Å². The average molecular weight is 222 g/mol. The maximum atomic E-state index is 3.58. The summed E-state index contributed by atoms with van der Waals surface area (Å²) in [5.41, 5.74) is 0. The van der Waals surface area contributed by atoms with Crippen molar-refractivity contribution in [2.45, 2.75) is 26.2 Å². The van der Waals surface area contributed by atoms with Gasteiger partial charge in [-0.05, 0) is 0 Å². The zero-order valence-electron chi connectivity index (χ0n) is 6.23. The molecule has 0 aromatic carbocycles. The smallest absolute Gasteiger partial charge is 0.0953 e. The van der Waals surface area contributed by atoms with Crippen LogP contribution in [0, 0.1) is 0 Å². The van der Waals surface area contributed by atoms with E-state index in [0.29, 0.717) is 0 Å². The van der Waals surface area contributed by atoms with Crippen LogP contribution in [0.25, 0.3) is 0 Å². The van der Waals surface area contributed by atoms with Crippen LogP contribution in [0.1, 0.15) is 0 Å². The van der Waals surface area contributed by atoms with Gasteiger partial charge in [0, 0.05) is 32.7 Å². The van der Waals surface area contributed by atoms with Gasteiger partial charge in [-0.1, -0.05) is 26.2 Å². The molecule has 0 aromatic rings. The van der Waals surface area contributed by atoms with E-state index in [1.807, 2.05) is 0 Å². The molecule has 0 bridgehead atoms. The van der Waals surface area contributed by atoms with Crippen molar-refractivity contribution in [3.05, 3.63) is 0 Å². The Morgan fingerprint density at radius 1 is 0.875 bits per heavy atom. The molecule has 0 heterocycles. The molecule has 1 radical (unpaired) electrons. The molecule has 0 aromatic heterocycles. The van der Waals surface area contributed by atoms with Crippen LogP contribution in [0.4, 0.5) is 0 Å². The van der Waals surface area contributed by atoms with Gasteiger partial charge in [0.05, 0.1) is 17.9 Å². The minimum absolute atomic E-state index is 0. The van der Waals surface area contributed by atoms with Crippen molar-refractivity contribution in [3.8, 4) is 0 Å². The molecule has 47 valence electrons. The van der Waals surface area contributed by atoms with E-state index >= 15 is 0 Å². The molecule has 0 rings (SSSR count). The SMILES string of the molecule is C[SiH](C)N[SiH](C)C.[Y]. The Bertz CT molecular complexity index is 43.3. The average Bonchev–Trinajstić information content (AvgIpc) is 1.27. The zero-order valence-corrected chi connectivity index (χ0v) is 11.4. The standard InChI is InChI=1S/C4H15NSi2.Y/c1-6(2)5-7(3)4;/h5-7H,1-4H3;. The fourth-order valence-corrected chi connectivity index (χ4v) is 6.00. The van der Waals surface area contributed by atoms with Gasteiger partial charge in [-0.25, -0.2) is 0 Å². The molecule has 0 aliphatic rings. The van der Waals surface area contributed by atoms with Gasteiger partial charge in [0.25, 0.3) is 0 Å². The fourth-order valence-electron chi connectivity index (χ4n) is 0.667. The Hall–Kier alpha value is 1.50. The van der Waals surface area contributed by atoms with Crippen molar-refractivity contribution < 1.29 is 32.7 Å². The topological polar surface area (TPSA) is 12.0 Å². The molecule has 4 heteroatoms. The van der Waals surface area contributed by atoms with Crippen LogP contribution in [-0.2, 0) is 32.7 Å². The van der Waals surface area contributed by atoms with Gasteiger partial charge in [0.2, 0.25) is 0 Å². The molecule has 0 aliphatic heterocycles. The molecule has 1 nitrogen and oxygen atoms in total. The second-order valence-corrected chi connectivity index (χ2v) is 8.43. The quantitative estimate of drug-likeness (QED) is 0.672. The normalized spacial score (nSPS) is 9.75. The minimum atomic E-state index is -0.417. The van der Waals surface area contributed by atoms with Gasteiger partial charge in [-0.2, -0.15) is 0 Å². The van der Waals surface area contributed by atoms with E-state index < -0.39 is 17.9 Å². The molecule has 0 aliphatic carbocycles. The van der Waals surface area contributed by atoms with Crippen LogP contribution in [0.2, 0.25) is 26.2 Å². The van der Waals surface area contributed by atoms with E-state index in [4.69, 9.17) is 0 Å². The van der Waals surface area contributed by atoms with Crippen LogP contribution in [0.5, 0.6) is 0 Å². The van der Waals surface area contributed by atoms with Crippen LogP contribution >= 0.6 is 0 Å². The maximum Gasteiger partial charge on any atom is 0.0953 e. The van der Waals surface area contributed by atoms with Crippen LogP contribution in [-0.4, -0.2) is 17.9 Å². The summed E-state index contributed by atoms with van der Waals surface area (Å²) in [5.74, 6) is 0. The van der Waals surface area contributed by atoms with E-state index in [1.165, 1.54) is 0 Å². The first-order valence-corrected chi connectivity index (χ1v) is 8.66. The summed E-state index contributed by atoms with van der Waals surface area (Å²) in [4.78, 5) is 0. The van der Waals surface area contributed by atoms with Crippen molar-refractivity contribution in [1.29, 1.82) is 0 Å². The third-order valence-corrected chi connectivity index (χ3v) is 6.00. The Morgan fingerprint density at radius 3 is 1.12 bits per heavy atom. The van der Waals surface area contributed by atoms with Crippen LogP contribution in [0.15, 0.2) is 0 Å². The molecular formula is C4H15NSi2Y. The number of hydrogen-bond donors (Lipinski definition) is 1.